The maximum atomic E-state index is 12.7. The first-order valence-electron chi connectivity index (χ1n) is 24.4. The highest BCUT2D eigenvalue weighted by Crippen LogP contribution is 2.13. The van der Waals surface area contributed by atoms with Crippen LogP contribution in [0.1, 0.15) is 226 Å². The van der Waals surface area contributed by atoms with Crippen molar-refractivity contribution in [3.63, 3.8) is 0 Å². The third-order valence-corrected chi connectivity index (χ3v) is 10.2. The zero-order valence-electron chi connectivity index (χ0n) is 38.5. The summed E-state index contributed by atoms with van der Waals surface area (Å²) < 4.78 is 16.7. The van der Waals surface area contributed by atoms with Crippen LogP contribution in [0.4, 0.5) is 0 Å². The highest BCUT2D eigenvalue weighted by Gasteiger charge is 2.19. The quantitative estimate of drug-likeness (QED) is 0.0264. The molecule has 0 fully saturated rings. The molecule has 0 aliphatic rings. The van der Waals surface area contributed by atoms with Crippen LogP contribution >= 0.6 is 0 Å². The van der Waals surface area contributed by atoms with Crippen molar-refractivity contribution in [1.82, 2.24) is 0 Å². The van der Waals surface area contributed by atoms with Crippen molar-refractivity contribution in [2.75, 3.05) is 13.2 Å². The molecule has 59 heavy (non-hydrogen) atoms. The molecule has 0 bridgehead atoms. The minimum atomic E-state index is -0.790. The topological polar surface area (TPSA) is 78.9 Å². The molecule has 0 aromatic rings. The molecule has 0 saturated heterocycles. The first kappa shape index (κ1) is 55.9. The van der Waals surface area contributed by atoms with Crippen molar-refractivity contribution in [3.8, 4) is 0 Å². The number of hydrogen-bond acceptors (Lipinski definition) is 6. The maximum Gasteiger partial charge on any atom is 0.306 e. The van der Waals surface area contributed by atoms with Gasteiger partial charge in [0.05, 0.1) is 0 Å². The van der Waals surface area contributed by atoms with Crippen LogP contribution in [0.3, 0.4) is 0 Å². The lowest BCUT2D eigenvalue weighted by Gasteiger charge is -2.18. The predicted octanol–water partition coefficient (Wildman–Crippen LogP) is 15.9. The average molecular weight is 823 g/mol. The molecule has 0 radical (unpaired) electrons. The van der Waals surface area contributed by atoms with Crippen LogP contribution in [-0.2, 0) is 28.6 Å². The Morgan fingerprint density at radius 3 is 1.07 bits per heavy atom. The summed E-state index contributed by atoms with van der Waals surface area (Å²) in [6.45, 7) is 6.43. The van der Waals surface area contributed by atoms with E-state index in [1.807, 2.05) is 0 Å². The Morgan fingerprint density at radius 2 is 0.661 bits per heavy atom. The van der Waals surface area contributed by atoms with Crippen LogP contribution in [0.25, 0.3) is 0 Å². The summed E-state index contributed by atoms with van der Waals surface area (Å²) in [4.78, 5) is 37.8. The van der Waals surface area contributed by atoms with Gasteiger partial charge in [-0.25, -0.2) is 0 Å². The highest BCUT2D eigenvalue weighted by molar-refractivity contribution is 5.71. The van der Waals surface area contributed by atoms with Crippen LogP contribution in [-0.4, -0.2) is 37.2 Å². The molecule has 0 saturated carbocycles. The molecule has 0 heterocycles. The van der Waals surface area contributed by atoms with Gasteiger partial charge in [0.15, 0.2) is 6.10 Å². The lowest BCUT2D eigenvalue weighted by Crippen LogP contribution is -2.30. The normalized spacial score (nSPS) is 12.7. The van der Waals surface area contributed by atoms with Crippen molar-refractivity contribution >= 4 is 17.9 Å². The van der Waals surface area contributed by atoms with Gasteiger partial charge >= 0.3 is 17.9 Å². The van der Waals surface area contributed by atoms with Crippen LogP contribution < -0.4 is 0 Å². The fraction of sp³-hybridized carbons (Fsp3) is 0.717. The Balaban J connectivity index is 4.41. The molecule has 0 spiro atoms. The van der Waals surface area contributed by atoms with Crippen molar-refractivity contribution in [3.05, 3.63) is 72.9 Å². The number of unbranched alkanes of at least 4 members (excludes halogenated alkanes) is 20. The second kappa shape index (κ2) is 47.5. The summed E-state index contributed by atoms with van der Waals surface area (Å²) in [6, 6.07) is 0. The fourth-order valence-corrected chi connectivity index (χ4v) is 6.52. The molecule has 338 valence electrons. The molecule has 0 aromatic heterocycles. The molecule has 0 unspecified atom stereocenters. The minimum Gasteiger partial charge on any atom is -0.462 e. The number of carbonyl (C=O) groups is 3. The van der Waals surface area contributed by atoms with Crippen molar-refractivity contribution in [1.29, 1.82) is 0 Å². The van der Waals surface area contributed by atoms with Gasteiger partial charge in [0.25, 0.3) is 0 Å². The maximum absolute atomic E-state index is 12.7. The van der Waals surface area contributed by atoms with E-state index in [0.29, 0.717) is 19.3 Å². The van der Waals surface area contributed by atoms with Gasteiger partial charge in [-0.2, -0.15) is 0 Å². The highest BCUT2D eigenvalue weighted by atomic mass is 16.6. The first-order valence-corrected chi connectivity index (χ1v) is 24.4. The molecule has 0 N–H and O–H groups in total. The summed E-state index contributed by atoms with van der Waals surface area (Å²) in [6.07, 6.45) is 58.8. The number of allylic oxidation sites excluding steroid dienone is 12. The van der Waals surface area contributed by atoms with Gasteiger partial charge in [0, 0.05) is 19.3 Å². The molecule has 0 aromatic carbocycles. The average Bonchev–Trinajstić information content (AvgIpc) is 3.23. The Morgan fingerprint density at radius 1 is 0.356 bits per heavy atom. The van der Waals surface area contributed by atoms with Crippen LogP contribution in [0.2, 0.25) is 0 Å². The van der Waals surface area contributed by atoms with Crippen molar-refractivity contribution in [2.45, 2.75) is 232 Å². The predicted molar refractivity (Wildman–Crippen MR) is 251 cm³/mol. The van der Waals surface area contributed by atoms with Gasteiger partial charge < -0.3 is 14.2 Å². The van der Waals surface area contributed by atoms with E-state index in [1.54, 1.807) is 0 Å². The summed E-state index contributed by atoms with van der Waals surface area (Å²) in [5, 5.41) is 0. The van der Waals surface area contributed by atoms with E-state index in [1.165, 1.54) is 64.2 Å². The second-order valence-corrected chi connectivity index (χ2v) is 16.0. The Labute approximate surface area is 363 Å². The molecule has 0 aliphatic carbocycles. The Hall–Kier alpha value is -3.15. The SMILES string of the molecule is CC/C=C\C/C=C\C/C=C\CCCCCCCC(=O)O[C@@H](COC(=O)CCCCCC/C=C\C/C=C\C/C=C\CCCCC)COC(=O)CCCCCCCCCCC. The molecule has 1 atom stereocenters. The Kier molecular flexibility index (Phi) is 45.0. The van der Waals surface area contributed by atoms with Crippen LogP contribution in [0.5, 0.6) is 0 Å². The van der Waals surface area contributed by atoms with Gasteiger partial charge in [-0.05, 0) is 89.9 Å². The molecular weight excluding hydrogens is 733 g/mol. The molecular formula is C53H90O6. The number of esters is 3. The number of hydrogen-bond donors (Lipinski definition) is 0. The molecule has 0 amide bonds. The first-order chi connectivity index (χ1) is 29.0. The summed E-state index contributed by atoms with van der Waals surface area (Å²) in [5.74, 6) is -0.933. The van der Waals surface area contributed by atoms with E-state index < -0.39 is 6.10 Å². The van der Waals surface area contributed by atoms with E-state index in [2.05, 4.69) is 93.7 Å². The van der Waals surface area contributed by atoms with E-state index >= 15 is 0 Å². The standard InChI is InChI=1S/C53H90O6/c1-4-7-10-13-16-19-21-23-25-26-28-29-31-34-37-40-43-46-52(55)58-49-50(48-57-51(54)45-42-39-36-33-18-15-12-9-6-3)59-53(56)47-44-41-38-35-32-30-27-24-22-20-17-14-11-8-5-2/h8,11,16-17,19-20,23-25,27-29,50H,4-7,9-10,12-15,18,21-22,26,30-49H2,1-3H3/b11-8-,19-16-,20-17-,25-23-,27-24-,29-28-/t50-/m1/s1. The van der Waals surface area contributed by atoms with Gasteiger partial charge in [-0.3, -0.25) is 14.4 Å². The molecule has 6 nitrogen and oxygen atoms in total. The minimum absolute atomic E-state index is 0.0893. The fourth-order valence-electron chi connectivity index (χ4n) is 6.52. The van der Waals surface area contributed by atoms with Gasteiger partial charge in [-0.15, -0.1) is 0 Å². The zero-order valence-corrected chi connectivity index (χ0v) is 38.5. The van der Waals surface area contributed by atoms with Crippen molar-refractivity contribution in [2.24, 2.45) is 0 Å². The van der Waals surface area contributed by atoms with Gasteiger partial charge in [0.2, 0.25) is 0 Å². The smallest absolute Gasteiger partial charge is 0.306 e. The van der Waals surface area contributed by atoms with Gasteiger partial charge in [-0.1, -0.05) is 190 Å². The molecule has 0 aliphatic heterocycles. The lowest BCUT2D eigenvalue weighted by atomic mass is 10.1. The number of carbonyl (C=O) groups excluding carboxylic acids is 3. The van der Waals surface area contributed by atoms with Crippen LogP contribution in [0, 0.1) is 0 Å². The number of rotatable bonds is 43. The summed E-state index contributed by atoms with van der Waals surface area (Å²) >= 11 is 0. The Bertz CT molecular complexity index is 1130. The van der Waals surface area contributed by atoms with Crippen molar-refractivity contribution < 1.29 is 28.6 Å². The lowest BCUT2D eigenvalue weighted by molar-refractivity contribution is -0.167. The third kappa shape index (κ3) is 45.8. The number of ether oxygens (including phenoxy) is 3. The van der Waals surface area contributed by atoms with E-state index in [4.69, 9.17) is 14.2 Å². The van der Waals surface area contributed by atoms with E-state index in [-0.39, 0.29) is 31.1 Å². The van der Waals surface area contributed by atoms with E-state index in [0.717, 1.165) is 122 Å². The largest absolute Gasteiger partial charge is 0.462 e. The second-order valence-electron chi connectivity index (χ2n) is 16.0. The van der Waals surface area contributed by atoms with Gasteiger partial charge in [0.1, 0.15) is 13.2 Å². The zero-order chi connectivity index (χ0) is 43.0. The van der Waals surface area contributed by atoms with Crippen LogP contribution in [0.15, 0.2) is 72.9 Å². The third-order valence-electron chi connectivity index (χ3n) is 10.2. The summed E-state index contributed by atoms with van der Waals surface area (Å²) in [5.41, 5.74) is 0. The molecule has 6 heteroatoms. The summed E-state index contributed by atoms with van der Waals surface area (Å²) in [7, 11) is 0. The molecule has 0 rings (SSSR count). The van der Waals surface area contributed by atoms with E-state index in [9.17, 15) is 14.4 Å². The monoisotopic (exact) mass is 823 g/mol.